The molecule has 2 aromatic rings. The van der Waals surface area contributed by atoms with Crippen LogP contribution in [0.5, 0.6) is 0 Å². The second-order valence-corrected chi connectivity index (χ2v) is 6.18. The summed E-state index contributed by atoms with van der Waals surface area (Å²) >= 11 is 0. The molecule has 1 atom stereocenters. The number of carbonyl (C=O) groups excluding carboxylic acids is 2. The number of hydrogen-bond donors (Lipinski definition) is 1. The van der Waals surface area contributed by atoms with Crippen LogP contribution in [0.25, 0.3) is 0 Å². The molecule has 3 rings (SSSR count). The van der Waals surface area contributed by atoms with E-state index in [0.29, 0.717) is 13.1 Å². The molecule has 2 aromatic heterocycles. The van der Waals surface area contributed by atoms with Crippen molar-refractivity contribution in [2.24, 2.45) is 0 Å². The van der Waals surface area contributed by atoms with Crippen molar-refractivity contribution in [3.63, 3.8) is 0 Å². The number of aromatic nitrogens is 2. The second kappa shape index (κ2) is 7.46. The van der Waals surface area contributed by atoms with E-state index in [0.717, 1.165) is 36.2 Å². The molecule has 7 nitrogen and oxygen atoms in total. The van der Waals surface area contributed by atoms with Crippen LogP contribution in [0.3, 0.4) is 0 Å². The van der Waals surface area contributed by atoms with E-state index in [1.54, 1.807) is 12.3 Å². The minimum absolute atomic E-state index is 0.0123. The normalized spacial score (nSPS) is 16.9. The van der Waals surface area contributed by atoms with Crippen LogP contribution in [0.15, 0.2) is 28.9 Å². The van der Waals surface area contributed by atoms with Crippen molar-refractivity contribution in [2.45, 2.75) is 45.7 Å². The van der Waals surface area contributed by atoms with E-state index >= 15 is 0 Å². The zero-order valence-electron chi connectivity index (χ0n) is 14.5. The number of hydrogen-bond acceptors (Lipinski definition) is 5. The third kappa shape index (κ3) is 3.87. The van der Waals surface area contributed by atoms with Crippen molar-refractivity contribution >= 4 is 11.8 Å². The summed E-state index contributed by atoms with van der Waals surface area (Å²) in [4.78, 5) is 30.0. The van der Waals surface area contributed by atoms with E-state index in [4.69, 9.17) is 4.52 Å². The van der Waals surface area contributed by atoms with Crippen LogP contribution in [0.1, 0.15) is 60.2 Å². The Morgan fingerprint density at radius 2 is 2.20 bits per heavy atom. The van der Waals surface area contributed by atoms with Gasteiger partial charge in [-0.2, -0.15) is 0 Å². The van der Waals surface area contributed by atoms with Crippen LogP contribution >= 0.6 is 0 Å². The monoisotopic (exact) mass is 342 g/mol. The van der Waals surface area contributed by atoms with Crippen LogP contribution in [-0.2, 0) is 17.8 Å². The molecule has 1 aliphatic rings. The van der Waals surface area contributed by atoms with Crippen molar-refractivity contribution in [3.05, 3.63) is 47.1 Å². The lowest BCUT2D eigenvalue weighted by molar-refractivity contribution is -0.119. The molecular formula is C18H22N4O3. The highest BCUT2D eigenvalue weighted by Crippen LogP contribution is 2.33. The summed E-state index contributed by atoms with van der Waals surface area (Å²) in [5.74, 6) is 0.0631. The molecule has 0 unspecified atom stereocenters. The highest BCUT2D eigenvalue weighted by molar-refractivity contribution is 5.92. The summed E-state index contributed by atoms with van der Waals surface area (Å²) in [5, 5.41) is 6.65. The van der Waals surface area contributed by atoms with Crippen LogP contribution in [0, 0.1) is 0 Å². The molecule has 132 valence electrons. The number of nitrogens with one attached hydrogen (secondary N) is 1. The van der Waals surface area contributed by atoms with Crippen LogP contribution in [-0.4, -0.2) is 33.4 Å². The van der Waals surface area contributed by atoms with Gasteiger partial charge in [0, 0.05) is 25.7 Å². The topological polar surface area (TPSA) is 88.3 Å². The fraction of sp³-hybridized carbons (Fsp3) is 0.444. The lowest BCUT2D eigenvalue weighted by atomic mass is 10.0. The van der Waals surface area contributed by atoms with Gasteiger partial charge >= 0.3 is 0 Å². The number of rotatable bonds is 5. The Bertz CT molecular complexity index is 771. The van der Waals surface area contributed by atoms with Crippen molar-refractivity contribution in [2.75, 3.05) is 6.54 Å². The Kier molecular flexibility index (Phi) is 5.11. The number of likely N-dealkylation sites (tertiary alicyclic amines) is 1. The molecule has 2 amide bonds. The minimum Gasteiger partial charge on any atom is -0.351 e. The van der Waals surface area contributed by atoms with E-state index in [2.05, 4.69) is 15.5 Å². The van der Waals surface area contributed by atoms with E-state index in [1.807, 2.05) is 24.0 Å². The number of nitrogens with zero attached hydrogens (tertiary/aromatic N) is 3. The molecule has 1 aliphatic heterocycles. The molecule has 1 fully saturated rings. The zero-order valence-corrected chi connectivity index (χ0v) is 14.5. The minimum atomic E-state index is -0.130. The van der Waals surface area contributed by atoms with Crippen molar-refractivity contribution in [1.82, 2.24) is 20.4 Å². The average molecular weight is 342 g/mol. The Morgan fingerprint density at radius 3 is 2.92 bits per heavy atom. The third-order valence-corrected chi connectivity index (χ3v) is 4.39. The van der Waals surface area contributed by atoms with Gasteiger partial charge in [-0.25, -0.2) is 0 Å². The van der Waals surface area contributed by atoms with Crippen molar-refractivity contribution in [3.8, 4) is 0 Å². The van der Waals surface area contributed by atoms with Gasteiger partial charge in [0.2, 0.25) is 11.7 Å². The Morgan fingerprint density at radius 1 is 1.36 bits per heavy atom. The Balaban J connectivity index is 1.78. The SMILES string of the molecule is CCc1cc(C(=O)N2CCC[C@@H]2c2ccnc(CNC(C)=O)c2)on1. The number of carbonyl (C=O) groups is 2. The molecular weight excluding hydrogens is 320 g/mol. The first-order valence-electron chi connectivity index (χ1n) is 8.54. The van der Waals surface area contributed by atoms with Gasteiger partial charge in [0.1, 0.15) is 0 Å². The quantitative estimate of drug-likeness (QED) is 0.900. The van der Waals surface area contributed by atoms with Gasteiger partial charge in [-0.1, -0.05) is 12.1 Å². The fourth-order valence-corrected chi connectivity index (χ4v) is 3.09. The molecule has 3 heterocycles. The molecule has 1 saturated heterocycles. The number of amides is 2. The molecule has 0 aromatic carbocycles. The first kappa shape index (κ1) is 17.1. The van der Waals surface area contributed by atoms with Crippen LogP contribution in [0.2, 0.25) is 0 Å². The van der Waals surface area contributed by atoms with Crippen LogP contribution < -0.4 is 5.32 Å². The average Bonchev–Trinajstić information content (AvgIpc) is 3.28. The molecule has 0 spiro atoms. The maximum absolute atomic E-state index is 12.8. The third-order valence-electron chi connectivity index (χ3n) is 4.39. The first-order valence-corrected chi connectivity index (χ1v) is 8.54. The van der Waals surface area contributed by atoms with Gasteiger partial charge in [-0.05, 0) is 37.0 Å². The van der Waals surface area contributed by atoms with Gasteiger partial charge in [0.05, 0.1) is 24.0 Å². The first-order chi connectivity index (χ1) is 12.1. The van der Waals surface area contributed by atoms with E-state index < -0.39 is 0 Å². The molecule has 25 heavy (non-hydrogen) atoms. The largest absolute Gasteiger partial charge is 0.351 e. The summed E-state index contributed by atoms with van der Waals surface area (Å²) in [7, 11) is 0. The summed E-state index contributed by atoms with van der Waals surface area (Å²) in [6.45, 7) is 4.52. The maximum atomic E-state index is 12.8. The second-order valence-electron chi connectivity index (χ2n) is 6.18. The summed E-state index contributed by atoms with van der Waals surface area (Å²) in [6, 6.07) is 5.57. The standard InChI is InChI=1S/C18H22N4O3/c1-3-14-10-17(25-21-14)18(24)22-8-4-5-16(22)13-6-7-19-15(9-13)11-20-12(2)23/h6-7,9-10,16H,3-5,8,11H2,1-2H3,(H,20,23)/t16-/m1/s1. The fourth-order valence-electron chi connectivity index (χ4n) is 3.09. The maximum Gasteiger partial charge on any atom is 0.292 e. The highest BCUT2D eigenvalue weighted by atomic mass is 16.5. The summed E-state index contributed by atoms with van der Waals surface area (Å²) in [6.07, 6.45) is 4.28. The molecule has 0 saturated carbocycles. The molecule has 7 heteroatoms. The zero-order chi connectivity index (χ0) is 17.8. The van der Waals surface area contributed by atoms with Gasteiger partial charge in [0.15, 0.2) is 0 Å². The van der Waals surface area contributed by atoms with Gasteiger partial charge in [0.25, 0.3) is 5.91 Å². The molecule has 0 radical (unpaired) electrons. The van der Waals surface area contributed by atoms with E-state index in [-0.39, 0.29) is 23.6 Å². The van der Waals surface area contributed by atoms with Crippen molar-refractivity contribution < 1.29 is 14.1 Å². The Hall–Kier alpha value is -2.70. The number of pyridine rings is 1. The van der Waals surface area contributed by atoms with Gasteiger partial charge in [-0.15, -0.1) is 0 Å². The molecule has 1 N–H and O–H groups in total. The smallest absolute Gasteiger partial charge is 0.292 e. The molecule has 0 aliphatic carbocycles. The molecule has 0 bridgehead atoms. The lowest BCUT2D eigenvalue weighted by Crippen LogP contribution is -2.30. The van der Waals surface area contributed by atoms with Crippen molar-refractivity contribution in [1.29, 1.82) is 0 Å². The summed E-state index contributed by atoms with van der Waals surface area (Å²) < 4.78 is 5.20. The van der Waals surface area contributed by atoms with E-state index in [9.17, 15) is 9.59 Å². The summed E-state index contributed by atoms with van der Waals surface area (Å²) in [5.41, 5.74) is 2.58. The van der Waals surface area contributed by atoms with Crippen LogP contribution in [0.4, 0.5) is 0 Å². The van der Waals surface area contributed by atoms with Gasteiger partial charge < -0.3 is 14.7 Å². The number of aryl methyl sites for hydroxylation is 1. The lowest BCUT2D eigenvalue weighted by Gasteiger charge is -2.24. The van der Waals surface area contributed by atoms with E-state index in [1.165, 1.54) is 6.92 Å². The Labute approximate surface area is 146 Å². The predicted octanol–water partition coefficient (Wildman–Crippen LogP) is 2.25. The highest BCUT2D eigenvalue weighted by Gasteiger charge is 2.32. The van der Waals surface area contributed by atoms with Gasteiger partial charge in [-0.3, -0.25) is 14.6 Å². The predicted molar refractivity (Wildman–Crippen MR) is 90.7 cm³/mol.